The molecule has 0 bridgehead atoms. The summed E-state index contributed by atoms with van der Waals surface area (Å²) >= 11 is 1.57. The number of nitrogens with one attached hydrogen (secondary N) is 1. The lowest BCUT2D eigenvalue weighted by atomic mass is 9.91. The Labute approximate surface area is 266 Å². The molecule has 1 aliphatic heterocycles. The summed E-state index contributed by atoms with van der Waals surface area (Å²) in [4.78, 5) is 25.3. The zero-order chi connectivity index (χ0) is 31.0. The molecule has 3 heterocycles. The molecule has 0 radical (unpaired) electrons. The van der Waals surface area contributed by atoms with E-state index in [4.69, 9.17) is 9.47 Å². The highest BCUT2D eigenvalue weighted by Gasteiger charge is 2.38. The molecule has 1 amide bonds. The lowest BCUT2D eigenvalue weighted by Gasteiger charge is -2.41. The topological polar surface area (TPSA) is 106 Å². The van der Waals surface area contributed by atoms with Crippen LogP contribution in [0.3, 0.4) is 0 Å². The van der Waals surface area contributed by atoms with Gasteiger partial charge < -0.3 is 19.9 Å². The molecule has 0 saturated carbocycles. The first-order chi connectivity index (χ1) is 22.1. The fourth-order valence-corrected chi connectivity index (χ4v) is 6.30. The third-order valence-corrected chi connectivity index (χ3v) is 8.80. The van der Waals surface area contributed by atoms with Gasteiger partial charge in [0.05, 0.1) is 24.4 Å². The summed E-state index contributed by atoms with van der Waals surface area (Å²) in [5.74, 6) is 0.561. The lowest BCUT2D eigenvalue weighted by molar-refractivity contribution is -0.268. The first-order valence-corrected chi connectivity index (χ1v) is 15.8. The summed E-state index contributed by atoms with van der Waals surface area (Å²) in [7, 11) is 0. The van der Waals surface area contributed by atoms with Crippen molar-refractivity contribution in [3.05, 3.63) is 144 Å². The number of hydrogen-bond donors (Lipinski definition) is 2. The lowest BCUT2D eigenvalue weighted by Crippen LogP contribution is -2.38. The minimum Gasteiger partial charge on any atom is -0.392 e. The van der Waals surface area contributed by atoms with Crippen LogP contribution in [0.15, 0.2) is 121 Å². The van der Waals surface area contributed by atoms with Crippen LogP contribution in [0.1, 0.15) is 51.9 Å². The van der Waals surface area contributed by atoms with E-state index in [0.29, 0.717) is 23.0 Å². The van der Waals surface area contributed by atoms with Crippen LogP contribution in [-0.4, -0.2) is 37.8 Å². The van der Waals surface area contributed by atoms with Gasteiger partial charge in [-0.1, -0.05) is 79.3 Å². The fraction of sp³-hybridized carbons (Fsp3) is 0.222. The number of ether oxygens (including phenoxy) is 2. The van der Waals surface area contributed by atoms with Crippen molar-refractivity contribution in [3.8, 4) is 11.1 Å². The van der Waals surface area contributed by atoms with Gasteiger partial charge in [-0.2, -0.15) is 0 Å². The smallest absolute Gasteiger partial charge is 0.253 e. The Morgan fingerprint density at radius 3 is 2.38 bits per heavy atom. The summed E-state index contributed by atoms with van der Waals surface area (Å²) in [6, 6.07) is 29.5. The van der Waals surface area contributed by atoms with E-state index in [2.05, 4.69) is 51.5 Å². The SMILES string of the molecule is C[C@H]1[C@@H](CSc2ncccn2)O[C@@H](c2cccc(-c3cccc(CNC(=O)c4cccnc4)c3)c2)O[C@H]1c1ccc(CO)cc1. The molecule has 4 atom stereocenters. The second-order valence-corrected chi connectivity index (χ2v) is 11.9. The molecule has 228 valence electrons. The summed E-state index contributed by atoms with van der Waals surface area (Å²) in [5.41, 5.74) is 6.37. The molecule has 2 aromatic heterocycles. The third-order valence-electron chi connectivity index (χ3n) is 7.84. The van der Waals surface area contributed by atoms with Crippen molar-refractivity contribution in [1.29, 1.82) is 0 Å². The molecule has 0 unspecified atom stereocenters. The van der Waals surface area contributed by atoms with E-state index in [1.165, 1.54) is 0 Å². The maximum atomic E-state index is 12.5. The Kier molecular flexibility index (Phi) is 9.92. The summed E-state index contributed by atoms with van der Waals surface area (Å²) < 4.78 is 13.3. The van der Waals surface area contributed by atoms with Gasteiger partial charge in [-0.3, -0.25) is 9.78 Å². The molecule has 45 heavy (non-hydrogen) atoms. The van der Waals surface area contributed by atoms with Gasteiger partial charge in [-0.15, -0.1) is 0 Å². The highest BCUT2D eigenvalue weighted by molar-refractivity contribution is 7.99. The number of carbonyl (C=O) groups excluding carboxylic acids is 1. The molecular weight excluding hydrogens is 584 g/mol. The number of carbonyl (C=O) groups is 1. The molecule has 0 spiro atoms. The van der Waals surface area contributed by atoms with Gasteiger partial charge in [0.2, 0.25) is 0 Å². The summed E-state index contributed by atoms with van der Waals surface area (Å²) in [6.07, 6.45) is 5.76. The number of aromatic nitrogens is 3. The van der Waals surface area contributed by atoms with Crippen molar-refractivity contribution in [2.45, 2.75) is 43.7 Å². The van der Waals surface area contributed by atoms with Crippen LogP contribution in [0.25, 0.3) is 11.1 Å². The molecule has 2 N–H and O–H groups in total. The molecule has 9 heteroatoms. The Morgan fingerprint density at radius 2 is 1.62 bits per heavy atom. The maximum Gasteiger partial charge on any atom is 0.253 e. The van der Waals surface area contributed by atoms with E-state index in [-0.39, 0.29) is 30.6 Å². The number of aliphatic hydroxyl groups excluding tert-OH is 1. The Bertz CT molecular complexity index is 1710. The maximum absolute atomic E-state index is 12.5. The van der Waals surface area contributed by atoms with Crippen LogP contribution >= 0.6 is 11.8 Å². The number of aliphatic hydroxyl groups is 1. The van der Waals surface area contributed by atoms with Gasteiger partial charge in [0.1, 0.15) is 0 Å². The molecule has 0 aliphatic carbocycles. The monoisotopic (exact) mass is 618 g/mol. The van der Waals surface area contributed by atoms with Crippen LogP contribution in [-0.2, 0) is 22.6 Å². The molecule has 6 rings (SSSR count). The first kappa shape index (κ1) is 30.6. The number of thioether (sulfide) groups is 1. The van der Waals surface area contributed by atoms with Crippen molar-refractivity contribution < 1.29 is 19.4 Å². The molecular formula is C36H34N4O4S. The first-order valence-electron chi connectivity index (χ1n) is 14.9. The number of rotatable bonds is 10. The standard InChI is InChI=1S/C36H34N4O4S/c1-24-32(23-45-36-38-16-5-17-39-36)43-35(44-33(24)27-13-11-25(22-41)12-14-27)30-9-3-8-29(19-30)28-7-2-6-26(18-28)20-40-34(42)31-10-4-15-37-21-31/h2-19,21,24,32-33,35,41H,20,22-23H2,1H3,(H,40,42)/t24-,32+,33+,35+/m0/s1. The molecule has 1 saturated heterocycles. The van der Waals surface area contributed by atoms with Crippen molar-refractivity contribution in [3.63, 3.8) is 0 Å². The van der Waals surface area contributed by atoms with Gasteiger partial charge in [0.15, 0.2) is 11.4 Å². The number of nitrogens with zero attached hydrogens (tertiary/aromatic N) is 3. The van der Waals surface area contributed by atoms with Crippen LogP contribution in [0.4, 0.5) is 0 Å². The van der Waals surface area contributed by atoms with Gasteiger partial charge >= 0.3 is 0 Å². The van der Waals surface area contributed by atoms with Gasteiger partial charge in [-0.25, -0.2) is 9.97 Å². The van der Waals surface area contributed by atoms with E-state index in [0.717, 1.165) is 33.4 Å². The average molecular weight is 619 g/mol. The second-order valence-electron chi connectivity index (χ2n) is 10.9. The largest absolute Gasteiger partial charge is 0.392 e. The van der Waals surface area contributed by atoms with Crippen molar-refractivity contribution in [1.82, 2.24) is 20.3 Å². The van der Waals surface area contributed by atoms with Gasteiger partial charge in [0.25, 0.3) is 5.91 Å². The third kappa shape index (κ3) is 7.64. The zero-order valence-electron chi connectivity index (χ0n) is 24.8. The van der Waals surface area contributed by atoms with Gasteiger partial charge in [0, 0.05) is 48.6 Å². The van der Waals surface area contributed by atoms with Crippen LogP contribution < -0.4 is 5.32 Å². The van der Waals surface area contributed by atoms with E-state index in [1.54, 1.807) is 54.7 Å². The van der Waals surface area contributed by atoms with Crippen molar-refractivity contribution in [2.24, 2.45) is 5.92 Å². The Balaban J connectivity index is 1.22. The molecule has 1 aliphatic rings. The summed E-state index contributed by atoms with van der Waals surface area (Å²) in [5, 5.41) is 13.2. The molecule has 3 aromatic carbocycles. The van der Waals surface area contributed by atoms with E-state index in [1.807, 2.05) is 48.5 Å². The highest BCUT2D eigenvalue weighted by Crippen LogP contribution is 2.43. The number of amides is 1. The molecule has 5 aromatic rings. The zero-order valence-corrected chi connectivity index (χ0v) is 25.6. The van der Waals surface area contributed by atoms with E-state index in [9.17, 15) is 9.90 Å². The molecule has 1 fully saturated rings. The predicted molar refractivity (Wildman–Crippen MR) is 173 cm³/mol. The van der Waals surface area contributed by atoms with Crippen LogP contribution in [0, 0.1) is 5.92 Å². The second kappa shape index (κ2) is 14.6. The normalized spacial score (nSPS) is 19.6. The summed E-state index contributed by atoms with van der Waals surface area (Å²) in [6.45, 7) is 2.54. The van der Waals surface area contributed by atoms with Gasteiger partial charge in [-0.05, 0) is 58.1 Å². The van der Waals surface area contributed by atoms with Crippen molar-refractivity contribution >= 4 is 17.7 Å². The minimum atomic E-state index is -0.590. The van der Waals surface area contributed by atoms with E-state index < -0.39 is 6.29 Å². The fourth-order valence-electron chi connectivity index (χ4n) is 5.33. The predicted octanol–water partition coefficient (Wildman–Crippen LogP) is 6.54. The highest BCUT2D eigenvalue weighted by atomic mass is 32.2. The van der Waals surface area contributed by atoms with E-state index >= 15 is 0 Å². The van der Waals surface area contributed by atoms with Crippen LogP contribution in [0.2, 0.25) is 0 Å². The Morgan fingerprint density at radius 1 is 0.844 bits per heavy atom. The quantitative estimate of drug-likeness (QED) is 0.134. The minimum absolute atomic E-state index is 0.00565. The number of pyridine rings is 1. The van der Waals surface area contributed by atoms with Crippen molar-refractivity contribution in [2.75, 3.05) is 5.75 Å². The molecule has 8 nitrogen and oxygen atoms in total. The van der Waals surface area contributed by atoms with Crippen LogP contribution in [0.5, 0.6) is 0 Å². The average Bonchev–Trinajstić information content (AvgIpc) is 3.11. The number of hydrogen-bond acceptors (Lipinski definition) is 8. The Hall–Kier alpha value is -4.41. The number of benzene rings is 3.